The maximum atomic E-state index is 11.2. The largest absolute Gasteiger partial charge is 1.00 e. The Hall–Kier alpha value is -1.31. The molecule has 0 unspecified atom stereocenters. The monoisotopic (exact) mass is 403 g/mol. The van der Waals surface area contributed by atoms with Gasteiger partial charge in [-0.25, -0.2) is 13.6 Å². The van der Waals surface area contributed by atoms with Crippen LogP contribution in [0.4, 0.5) is 0 Å². The number of ether oxygens (including phenoxy) is 1. The molecule has 2 aromatic rings. The van der Waals surface area contributed by atoms with Crippen molar-refractivity contribution in [1.29, 1.82) is 0 Å². The van der Waals surface area contributed by atoms with Crippen molar-refractivity contribution < 1.29 is 25.6 Å². The van der Waals surface area contributed by atoms with Crippen molar-refractivity contribution in [2.45, 2.75) is 24.8 Å². The van der Waals surface area contributed by atoms with Gasteiger partial charge in [-0.1, -0.05) is 29.8 Å². The molecular weight excluding hydrogens is 383 g/mol. The Labute approximate surface area is 160 Å². The van der Waals surface area contributed by atoms with Gasteiger partial charge in [-0.05, 0) is 55.3 Å². The summed E-state index contributed by atoms with van der Waals surface area (Å²) < 4.78 is 27.8. The van der Waals surface area contributed by atoms with Gasteiger partial charge in [0.1, 0.15) is 5.75 Å². The van der Waals surface area contributed by atoms with E-state index in [0.29, 0.717) is 23.9 Å². The van der Waals surface area contributed by atoms with Crippen LogP contribution in [0.15, 0.2) is 47.4 Å². The van der Waals surface area contributed by atoms with Crippen LogP contribution in [0.3, 0.4) is 0 Å². The summed E-state index contributed by atoms with van der Waals surface area (Å²) >= 11 is 6.16. The fourth-order valence-electron chi connectivity index (χ4n) is 2.24. The normalized spacial score (nSPS) is 11.0. The molecule has 138 valence electrons. The molecule has 0 aliphatic carbocycles. The summed E-state index contributed by atoms with van der Waals surface area (Å²) in [6, 6.07) is 12.3. The Bertz CT molecular complexity index is 781. The third-order valence-corrected chi connectivity index (χ3v) is 4.69. The molecule has 3 N–H and O–H groups in total. The molecule has 0 amide bonds. The molecule has 0 fully saturated rings. The quantitative estimate of drug-likeness (QED) is 0.594. The average Bonchev–Trinajstić information content (AvgIpc) is 2.54. The van der Waals surface area contributed by atoms with Crippen LogP contribution in [-0.2, 0) is 23.0 Å². The van der Waals surface area contributed by atoms with Crippen LogP contribution in [0.1, 0.15) is 18.1 Å². The van der Waals surface area contributed by atoms with Crippen molar-refractivity contribution in [1.82, 2.24) is 5.32 Å². The van der Waals surface area contributed by atoms with Crippen LogP contribution >= 0.6 is 11.6 Å². The van der Waals surface area contributed by atoms with Crippen molar-refractivity contribution in [3.05, 3.63) is 58.6 Å². The Morgan fingerprint density at radius 3 is 2.32 bits per heavy atom. The Kier molecular flexibility index (Phi) is 8.68. The van der Waals surface area contributed by atoms with E-state index in [1.165, 1.54) is 12.1 Å². The molecule has 0 spiro atoms. The van der Waals surface area contributed by atoms with E-state index in [2.05, 4.69) is 5.32 Å². The zero-order chi connectivity index (χ0) is 17.6. The summed E-state index contributed by atoms with van der Waals surface area (Å²) in [5.41, 5.74) is 2.12. The number of hydrogen-bond acceptors (Lipinski definition) is 4. The third-order valence-electron chi connectivity index (χ3n) is 3.47. The molecule has 0 aliphatic rings. The highest BCUT2D eigenvalue weighted by Gasteiger charge is 2.06. The predicted molar refractivity (Wildman–Crippen MR) is 95.8 cm³/mol. The Morgan fingerprint density at radius 1 is 1.12 bits per heavy atom. The van der Waals surface area contributed by atoms with Gasteiger partial charge >= 0.3 is 0 Å². The number of sulfonamides is 1. The lowest BCUT2D eigenvalue weighted by Gasteiger charge is -2.09. The maximum absolute atomic E-state index is 11.2. The van der Waals surface area contributed by atoms with Crippen LogP contribution in [0.2, 0.25) is 5.02 Å². The molecule has 2 rings (SSSR count). The standard InChI is InChI=1S/C17H21ClN2O3S.ClH/c1-2-23-17-8-5-14(11-16(17)18)12-20-10-9-13-3-6-15(7-4-13)24(19,21)22;/h3-8,11,20H,2,9-10,12H2,1H3,(H2,19,21,22);1H/p-1. The summed E-state index contributed by atoms with van der Waals surface area (Å²) in [7, 11) is -3.63. The number of rotatable bonds is 8. The molecule has 0 aliphatic heterocycles. The van der Waals surface area contributed by atoms with E-state index in [-0.39, 0.29) is 17.3 Å². The number of halogens is 2. The Morgan fingerprint density at radius 2 is 1.76 bits per heavy atom. The molecule has 25 heavy (non-hydrogen) atoms. The first-order chi connectivity index (χ1) is 11.4. The molecule has 0 aromatic heterocycles. The van der Waals surface area contributed by atoms with Crippen molar-refractivity contribution in [3.8, 4) is 5.75 Å². The van der Waals surface area contributed by atoms with Crippen LogP contribution in [0.25, 0.3) is 0 Å². The van der Waals surface area contributed by atoms with Gasteiger partial charge in [-0.15, -0.1) is 0 Å². The van der Waals surface area contributed by atoms with Crippen LogP contribution in [0, 0.1) is 0 Å². The van der Waals surface area contributed by atoms with Crippen molar-refractivity contribution in [3.63, 3.8) is 0 Å². The van der Waals surface area contributed by atoms with Gasteiger partial charge in [0.05, 0.1) is 16.5 Å². The minimum Gasteiger partial charge on any atom is -1.00 e. The van der Waals surface area contributed by atoms with E-state index in [9.17, 15) is 8.42 Å². The molecule has 8 heteroatoms. The van der Waals surface area contributed by atoms with Crippen molar-refractivity contribution in [2.75, 3.05) is 13.2 Å². The molecule has 0 radical (unpaired) electrons. The van der Waals surface area contributed by atoms with Crippen LogP contribution < -0.4 is 27.6 Å². The van der Waals surface area contributed by atoms with Crippen LogP contribution in [-0.4, -0.2) is 21.6 Å². The lowest BCUT2D eigenvalue weighted by atomic mass is 10.1. The highest BCUT2D eigenvalue weighted by Crippen LogP contribution is 2.25. The topological polar surface area (TPSA) is 81.4 Å². The van der Waals surface area contributed by atoms with E-state index < -0.39 is 10.0 Å². The average molecular weight is 404 g/mol. The second-order valence-corrected chi connectivity index (χ2v) is 7.28. The number of primary sulfonamides is 1. The molecule has 5 nitrogen and oxygen atoms in total. The Balaban J connectivity index is 0.00000312. The van der Waals surface area contributed by atoms with Gasteiger partial charge in [0, 0.05) is 6.54 Å². The van der Waals surface area contributed by atoms with E-state index in [4.69, 9.17) is 21.5 Å². The predicted octanol–water partition coefficient (Wildman–Crippen LogP) is -0.278. The van der Waals surface area contributed by atoms with Gasteiger partial charge in [0.15, 0.2) is 0 Å². The molecule has 0 atom stereocenters. The highest BCUT2D eigenvalue weighted by molar-refractivity contribution is 7.89. The molecule has 2 aromatic carbocycles. The lowest BCUT2D eigenvalue weighted by molar-refractivity contribution is -0.00000803. The zero-order valence-electron chi connectivity index (χ0n) is 13.8. The van der Waals surface area contributed by atoms with Crippen molar-refractivity contribution in [2.24, 2.45) is 5.14 Å². The summed E-state index contributed by atoms with van der Waals surface area (Å²) in [5, 5.41) is 9.01. The van der Waals surface area contributed by atoms with Gasteiger partial charge in [-0.3, -0.25) is 0 Å². The summed E-state index contributed by atoms with van der Waals surface area (Å²) in [6.07, 6.45) is 0.787. The SMILES string of the molecule is CCOc1ccc(CNCCc2ccc(S(N)(=O)=O)cc2)cc1Cl.[Cl-]. The lowest BCUT2D eigenvalue weighted by Crippen LogP contribution is -3.00. The first-order valence-electron chi connectivity index (χ1n) is 7.64. The number of nitrogens with one attached hydrogen (secondary N) is 1. The second-order valence-electron chi connectivity index (χ2n) is 5.31. The van der Waals surface area contributed by atoms with Gasteiger partial charge < -0.3 is 22.5 Å². The van der Waals surface area contributed by atoms with E-state index in [1.54, 1.807) is 12.1 Å². The number of benzene rings is 2. The minimum atomic E-state index is -3.63. The maximum Gasteiger partial charge on any atom is 0.238 e. The van der Waals surface area contributed by atoms with Gasteiger partial charge in [-0.2, -0.15) is 0 Å². The smallest absolute Gasteiger partial charge is 0.238 e. The fraction of sp³-hybridized carbons (Fsp3) is 0.294. The summed E-state index contributed by atoms with van der Waals surface area (Å²) in [4.78, 5) is 0.128. The summed E-state index contributed by atoms with van der Waals surface area (Å²) in [5.74, 6) is 0.692. The molecule has 0 saturated heterocycles. The van der Waals surface area contributed by atoms with Crippen LogP contribution in [0.5, 0.6) is 5.75 Å². The number of hydrogen-bond donors (Lipinski definition) is 2. The molecule has 0 heterocycles. The first-order valence-corrected chi connectivity index (χ1v) is 9.56. The molecular formula is C17H21Cl2N2O3S-. The third kappa shape index (κ3) is 6.84. The van der Waals surface area contributed by atoms with E-state index in [0.717, 1.165) is 24.1 Å². The fourth-order valence-corrected chi connectivity index (χ4v) is 3.01. The first kappa shape index (κ1) is 21.7. The minimum absolute atomic E-state index is 0. The van der Waals surface area contributed by atoms with Crippen molar-refractivity contribution >= 4 is 21.6 Å². The summed E-state index contributed by atoms with van der Waals surface area (Å²) in [6.45, 7) is 3.96. The number of nitrogens with two attached hydrogens (primary N) is 1. The van der Waals surface area contributed by atoms with Gasteiger partial charge in [0.2, 0.25) is 10.0 Å². The van der Waals surface area contributed by atoms with E-state index >= 15 is 0 Å². The zero-order valence-corrected chi connectivity index (χ0v) is 16.2. The second kappa shape index (κ2) is 9.99. The molecule has 0 saturated carbocycles. The highest BCUT2D eigenvalue weighted by atomic mass is 35.5. The van der Waals surface area contributed by atoms with Gasteiger partial charge in [0.25, 0.3) is 0 Å². The van der Waals surface area contributed by atoms with E-state index in [1.807, 2.05) is 25.1 Å². The molecule has 0 bridgehead atoms.